The van der Waals surface area contributed by atoms with Gasteiger partial charge in [0.25, 0.3) is 0 Å². The molecule has 0 spiro atoms. The van der Waals surface area contributed by atoms with E-state index in [-0.39, 0.29) is 31.3 Å². The fraction of sp³-hybridized carbons (Fsp3) is 0.923. The average Bonchev–Trinajstić information content (AvgIpc) is 2.14. The third kappa shape index (κ3) is 4.19. The van der Waals surface area contributed by atoms with Gasteiger partial charge in [0.2, 0.25) is 0 Å². The molecule has 1 N–H and O–H groups in total. The summed E-state index contributed by atoms with van der Waals surface area (Å²) < 4.78 is 32.5. The highest BCUT2D eigenvalue weighted by Crippen LogP contribution is 2.39. The molecule has 0 rings (SSSR count). The Hall–Kier alpha value is -0.710. The van der Waals surface area contributed by atoms with Gasteiger partial charge < -0.3 is 9.84 Å². The lowest BCUT2D eigenvalue weighted by atomic mass is 9.80. The first kappa shape index (κ1) is 17.3. The van der Waals surface area contributed by atoms with Crippen LogP contribution in [0.3, 0.4) is 0 Å². The van der Waals surface area contributed by atoms with E-state index >= 15 is 0 Å². The molecule has 0 bridgehead atoms. The molecule has 0 aliphatic heterocycles. The predicted octanol–water partition coefficient (Wildman–Crippen LogP) is 3.01. The van der Waals surface area contributed by atoms with Crippen LogP contribution in [0, 0.1) is 11.8 Å². The molecule has 0 aromatic heterocycles. The van der Waals surface area contributed by atoms with Crippen LogP contribution in [0.5, 0.6) is 0 Å². The van der Waals surface area contributed by atoms with Crippen molar-refractivity contribution in [2.75, 3.05) is 6.61 Å². The van der Waals surface area contributed by atoms with E-state index in [1.807, 2.05) is 0 Å². The molecule has 0 heterocycles. The second kappa shape index (κ2) is 6.45. The Morgan fingerprint density at radius 3 is 1.83 bits per heavy atom. The highest BCUT2D eigenvalue weighted by molar-refractivity contribution is 5.79. The van der Waals surface area contributed by atoms with Crippen molar-refractivity contribution in [1.82, 2.24) is 0 Å². The van der Waals surface area contributed by atoms with Crippen molar-refractivity contribution in [3.05, 3.63) is 0 Å². The summed E-state index contributed by atoms with van der Waals surface area (Å²) in [5, 5.41) is 10.2. The molecule has 0 atom stereocenters. The van der Waals surface area contributed by atoms with E-state index in [2.05, 4.69) is 4.74 Å². The van der Waals surface area contributed by atoms with Crippen LogP contribution in [0.4, 0.5) is 8.78 Å². The average molecular weight is 266 g/mol. The van der Waals surface area contributed by atoms with Crippen LogP contribution in [-0.2, 0) is 9.53 Å². The molecule has 0 saturated carbocycles. The Bertz CT molecular complexity index is 265. The number of ether oxygens (including phenoxy) is 1. The summed E-state index contributed by atoms with van der Waals surface area (Å²) in [7, 11) is 0. The lowest BCUT2D eigenvalue weighted by Crippen LogP contribution is -2.55. The Morgan fingerprint density at radius 1 is 1.17 bits per heavy atom. The number of alkyl halides is 2. The van der Waals surface area contributed by atoms with Crippen LogP contribution in [0.1, 0.15) is 47.5 Å². The Morgan fingerprint density at radius 2 is 1.56 bits per heavy atom. The number of carbonyl (C=O) groups excluding carboxylic acids is 1. The zero-order valence-electron chi connectivity index (χ0n) is 11.8. The van der Waals surface area contributed by atoms with Crippen molar-refractivity contribution in [3.8, 4) is 0 Å². The van der Waals surface area contributed by atoms with Gasteiger partial charge in [0.15, 0.2) is 0 Å². The summed E-state index contributed by atoms with van der Waals surface area (Å²) in [5.41, 5.74) is -2.35. The number of halogens is 2. The molecule has 0 aliphatic carbocycles. The maximum Gasteiger partial charge on any atom is 0.380 e. The summed E-state index contributed by atoms with van der Waals surface area (Å²) in [6, 6.07) is 0. The molecule has 0 saturated heterocycles. The van der Waals surface area contributed by atoms with E-state index in [1.54, 1.807) is 27.7 Å². The SMILES string of the molecule is CCOC(=O)C(F)(F)C(O)(CC(C)C)CC(C)C. The maximum absolute atomic E-state index is 14.0. The summed E-state index contributed by atoms with van der Waals surface area (Å²) in [6.07, 6.45) is -0.284. The molecule has 5 heteroatoms. The van der Waals surface area contributed by atoms with Crippen molar-refractivity contribution in [1.29, 1.82) is 0 Å². The number of rotatable bonds is 7. The highest BCUT2D eigenvalue weighted by atomic mass is 19.3. The van der Waals surface area contributed by atoms with Crippen LogP contribution in [0.2, 0.25) is 0 Å². The normalized spacial score (nSPS) is 13.2. The van der Waals surface area contributed by atoms with Crippen LogP contribution in [0.25, 0.3) is 0 Å². The fourth-order valence-corrected chi connectivity index (χ4v) is 2.10. The first-order chi connectivity index (χ1) is 8.06. The monoisotopic (exact) mass is 266 g/mol. The number of esters is 1. The van der Waals surface area contributed by atoms with Crippen LogP contribution in [0.15, 0.2) is 0 Å². The van der Waals surface area contributed by atoms with Gasteiger partial charge in [0.1, 0.15) is 5.60 Å². The molecule has 0 aliphatic rings. The van der Waals surface area contributed by atoms with Crippen LogP contribution < -0.4 is 0 Å². The Kier molecular flexibility index (Phi) is 6.20. The summed E-state index contributed by atoms with van der Waals surface area (Å²) >= 11 is 0. The molecule has 0 aromatic carbocycles. The summed E-state index contributed by atoms with van der Waals surface area (Å²) in [4.78, 5) is 11.3. The topological polar surface area (TPSA) is 46.5 Å². The first-order valence-electron chi connectivity index (χ1n) is 6.34. The largest absolute Gasteiger partial charge is 0.461 e. The molecule has 108 valence electrons. The van der Waals surface area contributed by atoms with Crippen LogP contribution >= 0.6 is 0 Å². The van der Waals surface area contributed by atoms with Gasteiger partial charge in [0.05, 0.1) is 6.61 Å². The zero-order valence-corrected chi connectivity index (χ0v) is 11.8. The highest BCUT2D eigenvalue weighted by Gasteiger charge is 2.59. The second-order valence-electron chi connectivity index (χ2n) is 5.52. The van der Waals surface area contributed by atoms with Gasteiger partial charge in [-0.2, -0.15) is 8.78 Å². The molecule has 18 heavy (non-hydrogen) atoms. The quantitative estimate of drug-likeness (QED) is 0.720. The van der Waals surface area contributed by atoms with Crippen molar-refractivity contribution in [3.63, 3.8) is 0 Å². The van der Waals surface area contributed by atoms with Gasteiger partial charge in [-0.05, 0) is 31.6 Å². The number of carbonyl (C=O) groups is 1. The molecule has 0 unspecified atom stereocenters. The molecule has 3 nitrogen and oxygen atoms in total. The predicted molar refractivity (Wildman–Crippen MR) is 65.4 cm³/mol. The van der Waals surface area contributed by atoms with Gasteiger partial charge >= 0.3 is 11.9 Å². The maximum atomic E-state index is 14.0. The van der Waals surface area contributed by atoms with Gasteiger partial charge in [-0.3, -0.25) is 0 Å². The second-order valence-corrected chi connectivity index (χ2v) is 5.52. The number of hydrogen-bond acceptors (Lipinski definition) is 3. The molecular formula is C13H24F2O3. The van der Waals surface area contributed by atoms with Gasteiger partial charge in [-0.25, -0.2) is 4.79 Å². The van der Waals surface area contributed by atoms with E-state index in [1.165, 1.54) is 6.92 Å². The van der Waals surface area contributed by atoms with E-state index < -0.39 is 17.5 Å². The smallest absolute Gasteiger partial charge is 0.380 e. The van der Waals surface area contributed by atoms with Gasteiger partial charge in [-0.15, -0.1) is 0 Å². The van der Waals surface area contributed by atoms with Gasteiger partial charge in [0, 0.05) is 0 Å². The standard InChI is InChI=1S/C13H24F2O3/c1-6-18-11(16)13(14,15)12(17,7-9(2)3)8-10(4)5/h9-10,17H,6-8H2,1-5H3. The van der Waals surface area contributed by atoms with E-state index in [0.717, 1.165) is 0 Å². The van der Waals surface area contributed by atoms with E-state index in [4.69, 9.17) is 0 Å². The van der Waals surface area contributed by atoms with Crippen molar-refractivity contribution in [2.24, 2.45) is 11.8 Å². The third-order valence-corrected chi connectivity index (χ3v) is 2.61. The summed E-state index contributed by atoms with van der Waals surface area (Å²) in [6.45, 7) is 8.24. The van der Waals surface area contributed by atoms with E-state index in [0.29, 0.717) is 0 Å². The Labute approximate surface area is 108 Å². The first-order valence-corrected chi connectivity index (χ1v) is 6.34. The minimum Gasteiger partial charge on any atom is -0.461 e. The molecular weight excluding hydrogens is 242 g/mol. The summed E-state index contributed by atoms with van der Waals surface area (Å²) in [5.74, 6) is -5.81. The molecule has 0 fully saturated rings. The Balaban J connectivity index is 5.21. The molecule has 0 aromatic rings. The fourth-order valence-electron chi connectivity index (χ4n) is 2.10. The van der Waals surface area contributed by atoms with Crippen molar-refractivity contribution >= 4 is 5.97 Å². The van der Waals surface area contributed by atoms with Crippen molar-refractivity contribution < 1.29 is 23.4 Å². The molecule has 0 radical (unpaired) electrons. The van der Waals surface area contributed by atoms with Crippen LogP contribution in [-0.4, -0.2) is 29.2 Å². The van der Waals surface area contributed by atoms with Gasteiger partial charge in [-0.1, -0.05) is 27.7 Å². The number of aliphatic hydroxyl groups is 1. The third-order valence-electron chi connectivity index (χ3n) is 2.61. The van der Waals surface area contributed by atoms with E-state index in [9.17, 15) is 18.7 Å². The lowest BCUT2D eigenvalue weighted by Gasteiger charge is -2.36. The lowest BCUT2D eigenvalue weighted by molar-refractivity contribution is -0.221. The minimum absolute atomic E-state index is 0.131. The molecule has 0 amide bonds. The minimum atomic E-state index is -3.88. The van der Waals surface area contributed by atoms with Crippen molar-refractivity contribution in [2.45, 2.75) is 59.0 Å². The number of hydrogen-bond donors (Lipinski definition) is 1. The zero-order chi connectivity index (χ0) is 14.6.